The lowest BCUT2D eigenvalue weighted by Crippen LogP contribution is -2.37. The number of carbonyl (C=O) groups excluding carboxylic acids is 1. The van der Waals surface area contributed by atoms with E-state index in [1.54, 1.807) is 20.4 Å². The number of ether oxygens (including phenoxy) is 2. The molecule has 0 atom stereocenters. The number of nitrogens with one attached hydrogen (secondary N) is 3. The fourth-order valence-electron chi connectivity index (χ4n) is 2.54. The van der Waals surface area contributed by atoms with Gasteiger partial charge in [-0.15, -0.1) is 24.0 Å². The van der Waals surface area contributed by atoms with E-state index in [1.807, 2.05) is 57.2 Å². The number of pyridine rings is 1. The standard InChI is InChI=1S/C22H31N5O3.HI/c1-22(2,3)30-21(28)27-18-9-6-16(7-10-18)12-13-24-20(23-4)26-15-17-8-11-19(29-5)25-14-17;/h6-11,14H,12-13,15H2,1-5H3,(H,27,28)(H2,23,24,26);1H. The third kappa shape index (κ3) is 10.3. The van der Waals surface area contributed by atoms with Gasteiger partial charge in [0.1, 0.15) is 5.60 Å². The maximum atomic E-state index is 11.8. The average molecular weight is 541 g/mol. The van der Waals surface area contributed by atoms with Crippen LogP contribution in [0.1, 0.15) is 31.9 Å². The zero-order valence-corrected chi connectivity index (χ0v) is 21.0. The number of carbonyl (C=O) groups is 1. The molecule has 0 aliphatic rings. The van der Waals surface area contributed by atoms with Crippen molar-refractivity contribution in [2.45, 2.75) is 39.3 Å². The Morgan fingerprint density at radius 2 is 1.74 bits per heavy atom. The summed E-state index contributed by atoms with van der Waals surface area (Å²) in [5, 5.41) is 9.27. The topological polar surface area (TPSA) is 96.9 Å². The molecule has 0 fully saturated rings. The van der Waals surface area contributed by atoms with E-state index in [1.165, 1.54) is 0 Å². The predicted molar refractivity (Wildman–Crippen MR) is 134 cm³/mol. The van der Waals surface area contributed by atoms with E-state index in [2.05, 4.69) is 25.9 Å². The number of aliphatic imine (C=N–C) groups is 1. The molecule has 0 saturated heterocycles. The van der Waals surface area contributed by atoms with Crippen LogP contribution in [0, 0.1) is 0 Å². The van der Waals surface area contributed by atoms with Gasteiger partial charge in [-0.05, 0) is 50.5 Å². The molecule has 1 heterocycles. The molecule has 1 amide bonds. The minimum absolute atomic E-state index is 0. The van der Waals surface area contributed by atoms with Crippen LogP contribution in [0.3, 0.4) is 0 Å². The molecule has 170 valence electrons. The van der Waals surface area contributed by atoms with Crippen LogP contribution in [0.2, 0.25) is 0 Å². The molecule has 31 heavy (non-hydrogen) atoms. The second-order valence-electron chi connectivity index (χ2n) is 7.64. The SMILES string of the molecule is CN=C(NCCc1ccc(NC(=O)OC(C)(C)C)cc1)NCc1ccc(OC)nc1.I. The zero-order chi connectivity index (χ0) is 22.0. The number of benzene rings is 1. The number of methoxy groups -OCH3 is 1. The van der Waals surface area contributed by atoms with Crippen molar-refractivity contribution in [1.82, 2.24) is 15.6 Å². The number of anilines is 1. The Hall–Kier alpha value is -2.56. The molecular weight excluding hydrogens is 509 g/mol. The largest absolute Gasteiger partial charge is 0.481 e. The van der Waals surface area contributed by atoms with Crippen molar-refractivity contribution in [3.05, 3.63) is 53.7 Å². The number of hydrogen-bond acceptors (Lipinski definition) is 5. The summed E-state index contributed by atoms with van der Waals surface area (Å²) >= 11 is 0. The lowest BCUT2D eigenvalue weighted by Gasteiger charge is -2.19. The molecule has 0 aliphatic carbocycles. The van der Waals surface area contributed by atoms with Crippen molar-refractivity contribution >= 4 is 41.7 Å². The van der Waals surface area contributed by atoms with Gasteiger partial charge in [-0.1, -0.05) is 18.2 Å². The van der Waals surface area contributed by atoms with Crippen LogP contribution in [0.4, 0.5) is 10.5 Å². The third-order valence-corrected chi connectivity index (χ3v) is 4.00. The second-order valence-corrected chi connectivity index (χ2v) is 7.64. The van der Waals surface area contributed by atoms with Crippen molar-refractivity contribution in [1.29, 1.82) is 0 Å². The van der Waals surface area contributed by atoms with Crippen molar-refractivity contribution in [2.24, 2.45) is 4.99 Å². The van der Waals surface area contributed by atoms with Crippen LogP contribution in [0.5, 0.6) is 5.88 Å². The Kier molecular flexibility index (Phi) is 11.1. The maximum Gasteiger partial charge on any atom is 0.412 e. The minimum Gasteiger partial charge on any atom is -0.481 e. The summed E-state index contributed by atoms with van der Waals surface area (Å²) in [6, 6.07) is 11.5. The van der Waals surface area contributed by atoms with Gasteiger partial charge in [0.25, 0.3) is 0 Å². The predicted octanol–water partition coefficient (Wildman–Crippen LogP) is 3.96. The van der Waals surface area contributed by atoms with Gasteiger partial charge in [0.05, 0.1) is 7.11 Å². The van der Waals surface area contributed by atoms with E-state index in [9.17, 15) is 4.79 Å². The Morgan fingerprint density at radius 1 is 1.06 bits per heavy atom. The molecule has 9 heteroatoms. The van der Waals surface area contributed by atoms with Gasteiger partial charge >= 0.3 is 6.09 Å². The van der Waals surface area contributed by atoms with Crippen molar-refractivity contribution in [3.8, 4) is 5.88 Å². The van der Waals surface area contributed by atoms with E-state index >= 15 is 0 Å². The van der Waals surface area contributed by atoms with Gasteiger partial charge in [0.2, 0.25) is 5.88 Å². The first kappa shape index (κ1) is 26.5. The Bertz CT molecular complexity index is 834. The van der Waals surface area contributed by atoms with Crippen LogP contribution in [0.25, 0.3) is 0 Å². The quantitative estimate of drug-likeness (QED) is 0.279. The Balaban J connectivity index is 0.00000480. The number of amides is 1. The molecule has 8 nitrogen and oxygen atoms in total. The van der Waals surface area contributed by atoms with E-state index < -0.39 is 11.7 Å². The van der Waals surface area contributed by atoms with Crippen LogP contribution in [0.15, 0.2) is 47.6 Å². The van der Waals surface area contributed by atoms with E-state index in [0.29, 0.717) is 24.1 Å². The van der Waals surface area contributed by atoms with Gasteiger partial charge in [-0.3, -0.25) is 10.3 Å². The molecule has 0 spiro atoms. The molecule has 0 unspecified atom stereocenters. The normalized spacial score (nSPS) is 11.2. The van der Waals surface area contributed by atoms with Crippen molar-refractivity contribution < 1.29 is 14.3 Å². The smallest absolute Gasteiger partial charge is 0.412 e. The highest BCUT2D eigenvalue weighted by Crippen LogP contribution is 2.13. The molecule has 0 aliphatic heterocycles. The summed E-state index contributed by atoms with van der Waals surface area (Å²) in [6.07, 6.45) is 2.13. The van der Waals surface area contributed by atoms with Gasteiger partial charge in [0, 0.05) is 38.1 Å². The fraction of sp³-hybridized carbons (Fsp3) is 0.409. The first-order chi connectivity index (χ1) is 14.3. The van der Waals surface area contributed by atoms with E-state index in [4.69, 9.17) is 9.47 Å². The Morgan fingerprint density at radius 3 is 2.29 bits per heavy atom. The number of guanidine groups is 1. The fourth-order valence-corrected chi connectivity index (χ4v) is 2.54. The highest BCUT2D eigenvalue weighted by Gasteiger charge is 2.16. The summed E-state index contributed by atoms with van der Waals surface area (Å²) in [5.74, 6) is 1.31. The van der Waals surface area contributed by atoms with Crippen molar-refractivity contribution in [3.63, 3.8) is 0 Å². The average Bonchev–Trinajstić information content (AvgIpc) is 2.70. The zero-order valence-electron chi connectivity index (χ0n) is 18.7. The van der Waals surface area contributed by atoms with E-state index in [-0.39, 0.29) is 24.0 Å². The number of nitrogens with zero attached hydrogens (tertiary/aromatic N) is 2. The Labute approximate surface area is 201 Å². The second kappa shape index (κ2) is 13.0. The lowest BCUT2D eigenvalue weighted by atomic mass is 10.1. The molecule has 1 aromatic carbocycles. The first-order valence-corrected chi connectivity index (χ1v) is 9.81. The number of halogens is 1. The van der Waals surface area contributed by atoms with Crippen LogP contribution in [-0.2, 0) is 17.7 Å². The maximum absolute atomic E-state index is 11.8. The highest BCUT2D eigenvalue weighted by atomic mass is 127. The lowest BCUT2D eigenvalue weighted by molar-refractivity contribution is 0.0636. The van der Waals surface area contributed by atoms with Crippen molar-refractivity contribution in [2.75, 3.05) is 26.0 Å². The van der Waals surface area contributed by atoms with E-state index in [0.717, 1.165) is 24.1 Å². The molecule has 0 saturated carbocycles. The highest BCUT2D eigenvalue weighted by molar-refractivity contribution is 14.0. The first-order valence-electron chi connectivity index (χ1n) is 9.81. The molecule has 2 aromatic rings. The molecule has 1 aromatic heterocycles. The minimum atomic E-state index is -0.522. The number of rotatable bonds is 7. The van der Waals surface area contributed by atoms with Crippen LogP contribution < -0.4 is 20.7 Å². The van der Waals surface area contributed by atoms with Gasteiger partial charge in [-0.2, -0.15) is 0 Å². The molecular formula is C22H32IN5O3. The third-order valence-electron chi connectivity index (χ3n) is 4.00. The summed E-state index contributed by atoms with van der Waals surface area (Å²) < 4.78 is 10.3. The van der Waals surface area contributed by atoms with Gasteiger partial charge < -0.3 is 20.1 Å². The molecule has 0 bridgehead atoms. The molecule has 3 N–H and O–H groups in total. The van der Waals surface area contributed by atoms with Crippen LogP contribution >= 0.6 is 24.0 Å². The number of hydrogen-bond donors (Lipinski definition) is 3. The monoisotopic (exact) mass is 541 g/mol. The number of aromatic nitrogens is 1. The van der Waals surface area contributed by atoms with Gasteiger partial charge in [0.15, 0.2) is 5.96 Å². The summed E-state index contributed by atoms with van der Waals surface area (Å²) in [5.41, 5.74) is 2.36. The summed E-state index contributed by atoms with van der Waals surface area (Å²) in [7, 11) is 3.33. The summed E-state index contributed by atoms with van der Waals surface area (Å²) in [6.45, 7) is 6.83. The molecule has 2 rings (SSSR count). The summed E-state index contributed by atoms with van der Waals surface area (Å²) in [4.78, 5) is 20.2. The van der Waals surface area contributed by atoms with Crippen LogP contribution in [-0.4, -0.2) is 43.3 Å². The molecule has 0 radical (unpaired) electrons. The van der Waals surface area contributed by atoms with Gasteiger partial charge in [-0.25, -0.2) is 9.78 Å².